The molecule has 0 aromatic carbocycles. The molecule has 4 nitrogen and oxygen atoms in total. The van der Waals surface area contributed by atoms with Gasteiger partial charge in [-0.1, -0.05) is 13.8 Å². The Kier molecular flexibility index (Phi) is 7.39. The summed E-state index contributed by atoms with van der Waals surface area (Å²) in [6.07, 6.45) is 1.96. The van der Waals surface area contributed by atoms with Gasteiger partial charge in [-0.15, -0.1) is 0 Å². The second-order valence-electron chi connectivity index (χ2n) is 5.23. The minimum Gasteiger partial charge on any atom is -0.350 e. The van der Waals surface area contributed by atoms with Gasteiger partial charge < -0.3 is 11.1 Å². The molecule has 0 aliphatic heterocycles. The zero-order chi connectivity index (χ0) is 13.5. The van der Waals surface area contributed by atoms with Crippen molar-refractivity contribution in [1.82, 2.24) is 10.2 Å². The van der Waals surface area contributed by atoms with Crippen LogP contribution in [0.25, 0.3) is 0 Å². The van der Waals surface area contributed by atoms with Gasteiger partial charge >= 0.3 is 0 Å². The van der Waals surface area contributed by atoms with Crippen LogP contribution in [0.2, 0.25) is 0 Å². The van der Waals surface area contributed by atoms with E-state index in [0.717, 1.165) is 25.9 Å². The molecular formula is C13H29N3O. The smallest absolute Gasteiger partial charge is 0.237 e. The molecule has 0 saturated heterocycles. The highest BCUT2D eigenvalue weighted by Crippen LogP contribution is 2.09. The predicted octanol–water partition coefficient (Wildman–Crippen LogP) is 1.35. The van der Waals surface area contributed by atoms with Gasteiger partial charge in [0, 0.05) is 18.6 Å². The van der Waals surface area contributed by atoms with Gasteiger partial charge in [-0.2, -0.15) is 0 Å². The molecule has 0 aliphatic carbocycles. The molecular weight excluding hydrogens is 214 g/mol. The molecule has 3 N–H and O–H groups in total. The van der Waals surface area contributed by atoms with E-state index in [0.29, 0.717) is 6.54 Å². The molecule has 0 bridgehead atoms. The van der Waals surface area contributed by atoms with E-state index in [1.165, 1.54) is 0 Å². The van der Waals surface area contributed by atoms with Crippen molar-refractivity contribution < 1.29 is 4.79 Å². The molecule has 17 heavy (non-hydrogen) atoms. The Morgan fingerprint density at radius 2 is 1.94 bits per heavy atom. The fourth-order valence-electron chi connectivity index (χ4n) is 1.64. The first-order valence-corrected chi connectivity index (χ1v) is 6.64. The van der Waals surface area contributed by atoms with Crippen molar-refractivity contribution >= 4 is 5.91 Å². The van der Waals surface area contributed by atoms with Crippen molar-refractivity contribution in [2.24, 2.45) is 5.73 Å². The first-order valence-electron chi connectivity index (χ1n) is 6.64. The van der Waals surface area contributed by atoms with Crippen LogP contribution in [0.1, 0.15) is 47.5 Å². The van der Waals surface area contributed by atoms with E-state index >= 15 is 0 Å². The molecule has 0 heterocycles. The van der Waals surface area contributed by atoms with Gasteiger partial charge in [-0.25, -0.2) is 0 Å². The summed E-state index contributed by atoms with van der Waals surface area (Å²) >= 11 is 0. The number of nitrogens with zero attached hydrogens (tertiary/aromatic N) is 1. The standard InChI is InChI=1S/C13H29N3O/c1-6-9-16(10-8-14)11(3)12(17)15-13(4,5)7-2/h11H,6-10,14H2,1-5H3,(H,15,17). The minimum absolute atomic E-state index is 0.0961. The zero-order valence-corrected chi connectivity index (χ0v) is 12.0. The Hall–Kier alpha value is -0.610. The molecule has 4 heteroatoms. The van der Waals surface area contributed by atoms with Crippen LogP contribution in [0, 0.1) is 0 Å². The van der Waals surface area contributed by atoms with Crippen molar-refractivity contribution in [1.29, 1.82) is 0 Å². The van der Waals surface area contributed by atoms with Crippen molar-refractivity contribution in [3.63, 3.8) is 0 Å². The van der Waals surface area contributed by atoms with Crippen LogP contribution in [0.5, 0.6) is 0 Å². The van der Waals surface area contributed by atoms with Crippen LogP contribution in [0.15, 0.2) is 0 Å². The van der Waals surface area contributed by atoms with Crippen molar-refractivity contribution in [2.75, 3.05) is 19.6 Å². The Labute approximate surface area is 106 Å². The zero-order valence-electron chi connectivity index (χ0n) is 12.0. The third-order valence-corrected chi connectivity index (χ3v) is 3.20. The van der Waals surface area contributed by atoms with Crippen molar-refractivity contribution in [2.45, 2.75) is 59.0 Å². The molecule has 0 fully saturated rings. The van der Waals surface area contributed by atoms with Crippen molar-refractivity contribution in [3.8, 4) is 0 Å². The highest BCUT2D eigenvalue weighted by Gasteiger charge is 2.25. The summed E-state index contributed by atoms with van der Waals surface area (Å²) < 4.78 is 0. The fraction of sp³-hybridized carbons (Fsp3) is 0.923. The number of hydrogen-bond donors (Lipinski definition) is 2. The van der Waals surface area contributed by atoms with Crippen LogP contribution in [-0.2, 0) is 4.79 Å². The lowest BCUT2D eigenvalue weighted by Crippen LogP contribution is -2.52. The van der Waals surface area contributed by atoms with Crippen LogP contribution in [0.3, 0.4) is 0 Å². The van der Waals surface area contributed by atoms with Gasteiger partial charge in [0.15, 0.2) is 0 Å². The summed E-state index contributed by atoms with van der Waals surface area (Å²) in [5.41, 5.74) is 5.44. The van der Waals surface area contributed by atoms with Crippen LogP contribution in [-0.4, -0.2) is 42.0 Å². The number of nitrogens with one attached hydrogen (secondary N) is 1. The SMILES string of the molecule is CCCN(CCN)C(C)C(=O)NC(C)(C)CC. The molecule has 1 amide bonds. The van der Waals surface area contributed by atoms with E-state index in [-0.39, 0.29) is 17.5 Å². The van der Waals surface area contributed by atoms with Gasteiger partial charge in [-0.05, 0) is 40.2 Å². The summed E-state index contributed by atoms with van der Waals surface area (Å²) in [6, 6.07) is -0.107. The molecule has 1 atom stereocenters. The first kappa shape index (κ1) is 16.4. The summed E-state index contributed by atoms with van der Waals surface area (Å²) in [6.45, 7) is 12.5. The lowest BCUT2D eigenvalue weighted by molar-refractivity contribution is -0.127. The first-order chi connectivity index (χ1) is 7.87. The van der Waals surface area contributed by atoms with E-state index in [1.54, 1.807) is 0 Å². The van der Waals surface area contributed by atoms with Gasteiger partial charge in [0.05, 0.1) is 6.04 Å². The number of nitrogens with two attached hydrogens (primary N) is 1. The van der Waals surface area contributed by atoms with E-state index in [1.807, 2.05) is 20.8 Å². The van der Waals surface area contributed by atoms with E-state index in [2.05, 4.69) is 24.1 Å². The minimum atomic E-state index is -0.133. The Bertz CT molecular complexity index is 223. The van der Waals surface area contributed by atoms with Gasteiger partial charge in [0.1, 0.15) is 0 Å². The molecule has 0 aromatic rings. The number of carbonyl (C=O) groups is 1. The van der Waals surface area contributed by atoms with E-state index < -0.39 is 0 Å². The maximum absolute atomic E-state index is 12.1. The third-order valence-electron chi connectivity index (χ3n) is 3.20. The number of carbonyl (C=O) groups excluding carboxylic acids is 1. The Balaban J connectivity index is 4.43. The number of hydrogen-bond acceptors (Lipinski definition) is 3. The molecule has 102 valence electrons. The van der Waals surface area contributed by atoms with Gasteiger partial charge in [0.25, 0.3) is 0 Å². The second-order valence-corrected chi connectivity index (χ2v) is 5.23. The average molecular weight is 243 g/mol. The van der Waals surface area contributed by atoms with Crippen LogP contribution < -0.4 is 11.1 Å². The average Bonchev–Trinajstić information content (AvgIpc) is 2.27. The predicted molar refractivity (Wildman–Crippen MR) is 72.9 cm³/mol. The molecule has 1 unspecified atom stereocenters. The highest BCUT2D eigenvalue weighted by atomic mass is 16.2. The molecule has 0 saturated carbocycles. The van der Waals surface area contributed by atoms with Crippen molar-refractivity contribution in [3.05, 3.63) is 0 Å². The van der Waals surface area contributed by atoms with Crippen LogP contribution in [0.4, 0.5) is 0 Å². The van der Waals surface area contributed by atoms with Gasteiger partial charge in [-0.3, -0.25) is 9.69 Å². The Morgan fingerprint density at radius 1 is 1.35 bits per heavy atom. The quantitative estimate of drug-likeness (QED) is 0.676. The third kappa shape index (κ3) is 6.03. The molecule has 0 spiro atoms. The number of rotatable bonds is 8. The Morgan fingerprint density at radius 3 is 2.35 bits per heavy atom. The lowest BCUT2D eigenvalue weighted by Gasteiger charge is -2.31. The largest absolute Gasteiger partial charge is 0.350 e. The molecule has 0 rings (SSSR count). The summed E-state index contributed by atoms with van der Waals surface area (Å²) in [5.74, 6) is 0.0961. The molecule has 0 aliphatic rings. The maximum atomic E-state index is 12.1. The summed E-state index contributed by atoms with van der Waals surface area (Å²) in [7, 11) is 0. The monoisotopic (exact) mass is 243 g/mol. The summed E-state index contributed by atoms with van der Waals surface area (Å²) in [5, 5.41) is 3.08. The normalized spacial score (nSPS) is 13.8. The van der Waals surface area contributed by atoms with E-state index in [9.17, 15) is 4.79 Å². The fourth-order valence-corrected chi connectivity index (χ4v) is 1.64. The lowest BCUT2D eigenvalue weighted by atomic mass is 10.0. The maximum Gasteiger partial charge on any atom is 0.237 e. The molecule has 0 aromatic heterocycles. The molecule has 0 radical (unpaired) electrons. The van der Waals surface area contributed by atoms with Gasteiger partial charge in [0.2, 0.25) is 5.91 Å². The van der Waals surface area contributed by atoms with E-state index in [4.69, 9.17) is 5.73 Å². The summed E-state index contributed by atoms with van der Waals surface area (Å²) in [4.78, 5) is 14.3. The van der Waals surface area contributed by atoms with Crippen LogP contribution >= 0.6 is 0 Å². The topological polar surface area (TPSA) is 58.4 Å². The number of amides is 1. The highest BCUT2D eigenvalue weighted by molar-refractivity contribution is 5.82. The second kappa shape index (κ2) is 7.67.